The fourth-order valence-electron chi connectivity index (χ4n) is 2.85. The van der Waals surface area contributed by atoms with Crippen LogP contribution in [0.25, 0.3) is 5.69 Å². The summed E-state index contributed by atoms with van der Waals surface area (Å²) in [5, 5.41) is 3.04. The molecule has 0 aliphatic heterocycles. The maximum absolute atomic E-state index is 12.5. The average molecular weight is 286 g/mol. The quantitative estimate of drug-likeness (QED) is 0.911. The number of benzene rings is 1. The van der Waals surface area contributed by atoms with Crippen LogP contribution in [-0.2, 0) is 11.8 Å². The molecule has 0 fully saturated rings. The van der Waals surface area contributed by atoms with E-state index >= 15 is 0 Å². The predicted molar refractivity (Wildman–Crippen MR) is 88.4 cm³/mol. The SMILES string of the molecule is Cc1ccccc1-n1[nH]c(=O)c(CC(C)C)c1C(C)(C)C. The number of aryl methyl sites for hydroxylation is 1. The van der Waals surface area contributed by atoms with Gasteiger partial charge in [-0.1, -0.05) is 52.8 Å². The molecule has 0 atom stereocenters. The van der Waals surface area contributed by atoms with Crippen molar-refractivity contribution >= 4 is 0 Å². The third kappa shape index (κ3) is 3.12. The van der Waals surface area contributed by atoms with Crippen molar-refractivity contribution in [2.24, 2.45) is 5.92 Å². The van der Waals surface area contributed by atoms with Gasteiger partial charge in [0.1, 0.15) is 0 Å². The topological polar surface area (TPSA) is 37.8 Å². The van der Waals surface area contributed by atoms with Crippen molar-refractivity contribution in [3.05, 3.63) is 51.4 Å². The number of aromatic amines is 1. The molecule has 1 N–H and O–H groups in total. The molecule has 2 aromatic rings. The molecular formula is C18H26N2O. The summed E-state index contributed by atoms with van der Waals surface area (Å²) in [6.07, 6.45) is 0.806. The second kappa shape index (κ2) is 5.55. The molecule has 0 unspecified atom stereocenters. The van der Waals surface area contributed by atoms with E-state index < -0.39 is 0 Å². The Morgan fingerprint density at radius 2 is 1.81 bits per heavy atom. The van der Waals surface area contributed by atoms with Crippen molar-refractivity contribution in [1.82, 2.24) is 9.78 Å². The summed E-state index contributed by atoms with van der Waals surface area (Å²) in [6, 6.07) is 8.16. The third-order valence-corrected chi connectivity index (χ3v) is 3.68. The second-order valence-corrected chi connectivity index (χ2v) is 7.24. The van der Waals surface area contributed by atoms with Gasteiger partial charge in [0.2, 0.25) is 0 Å². The summed E-state index contributed by atoms with van der Waals surface area (Å²) >= 11 is 0. The van der Waals surface area contributed by atoms with Gasteiger partial charge in [-0.15, -0.1) is 0 Å². The Balaban J connectivity index is 2.73. The lowest BCUT2D eigenvalue weighted by molar-refractivity contribution is 0.529. The number of rotatable bonds is 3. The molecule has 2 rings (SSSR count). The monoisotopic (exact) mass is 286 g/mol. The van der Waals surface area contributed by atoms with Crippen LogP contribution in [0.15, 0.2) is 29.1 Å². The molecule has 0 bridgehead atoms. The molecule has 0 saturated heterocycles. The van der Waals surface area contributed by atoms with Crippen LogP contribution in [0.5, 0.6) is 0 Å². The van der Waals surface area contributed by atoms with E-state index in [1.807, 2.05) is 16.8 Å². The summed E-state index contributed by atoms with van der Waals surface area (Å²) in [5.74, 6) is 0.458. The first kappa shape index (κ1) is 15.6. The Morgan fingerprint density at radius 3 is 2.33 bits per heavy atom. The molecule has 3 heteroatoms. The number of nitrogens with one attached hydrogen (secondary N) is 1. The van der Waals surface area contributed by atoms with E-state index in [9.17, 15) is 4.79 Å². The van der Waals surface area contributed by atoms with Gasteiger partial charge >= 0.3 is 0 Å². The zero-order chi connectivity index (χ0) is 15.8. The zero-order valence-corrected chi connectivity index (χ0v) is 13.9. The summed E-state index contributed by atoms with van der Waals surface area (Å²) < 4.78 is 1.98. The number of nitrogens with zero attached hydrogens (tertiary/aromatic N) is 1. The highest BCUT2D eigenvalue weighted by Gasteiger charge is 2.27. The number of hydrogen-bond donors (Lipinski definition) is 1. The van der Waals surface area contributed by atoms with Crippen LogP contribution in [0.2, 0.25) is 0 Å². The van der Waals surface area contributed by atoms with E-state index in [1.165, 1.54) is 0 Å². The minimum atomic E-state index is -0.0916. The van der Waals surface area contributed by atoms with Crippen LogP contribution < -0.4 is 5.56 Å². The lowest BCUT2D eigenvalue weighted by Crippen LogP contribution is -2.21. The van der Waals surface area contributed by atoms with Crippen molar-refractivity contribution in [3.8, 4) is 5.69 Å². The molecule has 1 heterocycles. The van der Waals surface area contributed by atoms with Crippen LogP contribution in [0, 0.1) is 12.8 Å². The molecule has 114 valence electrons. The van der Waals surface area contributed by atoms with E-state index in [4.69, 9.17) is 0 Å². The summed E-state index contributed by atoms with van der Waals surface area (Å²) in [6.45, 7) is 12.9. The lowest BCUT2D eigenvalue weighted by atomic mass is 9.86. The Kier molecular flexibility index (Phi) is 4.13. The Hall–Kier alpha value is -1.77. The fourth-order valence-corrected chi connectivity index (χ4v) is 2.85. The highest BCUT2D eigenvalue weighted by Crippen LogP contribution is 2.28. The molecule has 0 aliphatic rings. The zero-order valence-electron chi connectivity index (χ0n) is 13.9. The van der Waals surface area contributed by atoms with Gasteiger partial charge in [0.05, 0.1) is 11.4 Å². The van der Waals surface area contributed by atoms with Gasteiger partial charge in [0, 0.05) is 11.0 Å². The Labute approximate surface area is 127 Å². The van der Waals surface area contributed by atoms with Crippen LogP contribution in [0.4, 0.5) is 0 Å². The molecule has 0 aliphatic carbocycles. The standard InChI is InChI=1S/C18H26N2O/c1-12(2)11-14-16(18(4,5)6)20(19-17(14)21)15-10-8-7-9-13(15)3/h7-10,12H,11H2,1-6H3,(H,19,21). The highest BCUT2D eigenvalue weighted by atomic mass is 16.1. The molecule has 1 aromatic carbocycles. The maximum atomic E-state index is 12.5. The molecule has 0 saturated carbocycles. The minimum Gasteiger partial charge on any atom is -0.268 e. The van der Waals surface area contributed by atoms with Crippen LogP contribution >= 0.6 is 0 Å². The number of aromatic nitrogens is 2. The van der Waals surface area contributed by atoms with Gasteiger partial charge in [0.15, 0.2) is 0 Å². The molecule has 3 nitrogen and oxygen atoms in total. The van der Waals surface area contributed by atoms with Gasteiger partial charge in [0.25, 0.3) is 5.56 Å². The van der Waals surface area contributed by atoms with Crippen LogP contribution in [-0.4, -0.2) is 9.78 Å². The van der Waals surface area contributed by atoms with E-state index in [0.717, 1.165) is 28.9 Å². The molecule has 0 spiro atoms. The van der Waals surface area contributed by atoms with E-state index in [0.29, 0.717) is 5.92 Å². The molecule has 1 aromatic heterocycles. The van der Waals surface area contributed by atoms with E-state index in [2.05, 4.69) is 58.8 Å². The number of H-pyrrole nitrogens is 1. The first-order chi connectivity index (χ1) is 9.71. The largest absolute Gasteiger partial charge is 0.268 e. The van der Waals surface area contributed by atoms with Gasteiger partial charge in [-0.3, -0.25) is 14.6 Å². The Morgan fingerprint density at radius 1 is 1.19 bits per heavy atom. The van der Waals surface area contributed by atoms with Crippen molar-refractivity contribution < 1.29 is 0 Å². The fraction of sp³-hybridized carbons (Fsp3) is 0.500. The lowest BCUT2D eigenvalue weighted by Gasteiger charge is -2.24. The van der Waals surface area contributed by atoms with E-state index in [1.54, 1.807) is 0 Å². The third-order valence-electron chi connectivity index (χ3n) is 3.68. The van der Waals surface area contributed by atoms with Gasteiger partial charge < -0.3 is 0 Å². The first-order valence-electron chi connectivity index (χ1n) is 7.62. The minimum absolute atomic E-state index is 0.0388. The average Bonchev–Trinajstić information content (AvgIpc) is 2.66. The van der Waals surface area contributed by atoms with Gasteiger partial charge in [-0.25, -0.2) is 0 Å². The van der Waals surface area contributed by atoms with Crippen LogP contribution in [0.3, 0.4) is 0 Å². The molecular weight excluding hydrogens is 260 g/mol. The predicted octanol–water partition coefficient (Wildman–Crippen LogP) is 3.97. The second-order valence-electron chi connectivity index (χ2n) is 7.24. The maximum Gasteiger partial charge on any atom is 0.267 e. The molecule has 21 heavy (non-hydrogen) atoms. The first-order valence-corrected chi connectivity index (χ1v) is 7.62. The molecule has 0 amide bonds. The van der Waals surface area contributed by atoms with E-state index in [-0.39, 0.29) is 11.0 Å². The summed E-state index contributed by atoms with van der Waals surface area (Å²) in [5.41, 5.74) is 4.17. The number of hydrogen-bond acceptors (Lipinski definition) is 1. The Bertz CT molecular complexity index is 684. The van der Waals surface area contributed by atoms with Crippen molar-refractivity contribution in [2.75, 3.05) is 0 Å². The van der Waals surface area contributed by atoms with Crippen molar-refractivity contribution in [1.29, 1.82) is 0 Å². The van der Waals surface area contributed by atoms with Gasteiger partial charge in [-0.05, 0) is 30.9 Å². The van der Waals surface area contributed by atoms with Crippen molar-refractivity contribution in [2.45, 2.75) is 53.4 Å². The smallest absolute Gasteiger partial charge is 0.267 e. The van der Waals surface area contributed by atoms with Crippen LogP contribution in [0.1, 0.15) is 51.4 Å². The summed E-state index contributed by atoms with van der Waals surface area (Å²) in [4.78, 5) is 12.5. The molecule has 0 radical (unpaired) electrons. The normalized spacial score (nSPS) is 12.1. The van der Waals surface area contributed by atoms with Gasteiger partial charge in [-0.2, -0.15) is 0 Å². The highest BCUT2D eigenvalue weighted by molar-refractivity contribution is 5.43. The number of para-hydroxylation sites is 1. The summed E-state index contributed by atoms with van der Waals surface area (Å²) in [7, 11) is 0. The van der Waals surface area contributed by atoms with Crippen molar-refractivity contribution in [3.63, 3.8) is 0 Å².